The monoisotopic (exact) mass is 351 g/mol. The first-order valence-electron chi connectivity index (χ1n) is 7.93. The molecule has 0 saturated carbocycles. The van der Waals surface area contributed by atoms with E-state index in [2.05, 4.69) is 0 Å². The van der Waals surface area contributed by atoms with E-state index in [-0.39, 0.29) is 18.2 Å². The van der Waals surface area contributed by atoms with E-state index in [1.165, 1.54) is 6.92 Å². The van der Waals surface area contributed by atoms with Crippen molar-refractivity contribution in [1.29, 1.82) is 0 Å². The third-order valence-corrected chi connectivity index (χ3v) is 4.62. The second-order valence-electron chi connectivity index (χ2n) is 5.88. The minimum absolute atomic E-state index is 0.00925. The Hall–Kier alpha value is -2.08. The Morgan fingerprint density at radius 2 is 1.92 bits per heavy atom. The lowest BCUT2D eigenvalue weighted by Gasteiger charge is -2.33. The topological polar surface area (TPSA) is 60.9 Å². The molecule has 1 saturated heterocycles. The maximum atomic E-state index is 12.3. The smallest absolute Gasteiger partial charge is 0.224 e. The molecule has 1 fully saturated rings. The highest BCUT2D eigenvalue weighted by Crippen LogP contribution is 2.23. The van der Waals surface area contributed by atoms with Gasteiger partial charge < -0.3 is 14.7 Å². The van der Waals surface area contributed by atoms with Crippen LogP contribution in [0.25, 0.3) is 0 Å². The Morgan fingerprint density at radius 1 is 1.25 bits per heavy atom. The molecule has 6 nitrogen and oxygen atoms in total. The molecule has 0 spiro atoms. The molecule has 3 amide bonds. The van der Waals surface area contributed by atoms with Gasteiger partial charge in [-0.1, -0.05) is 17.7 Å². The number of piperazine rings is 1. The van der Waals surface area contributed by atoms with Crippen LogP contribution in [0.4, 0.5) is 5.69 Å². The summed E-state index contributed by atoms with van der Waals surface area (Å²) in [7, 11) is 0. The van der Waals surface area contributed by atoms with Gasteiger partial charge >= 0.3 is 0 Å². The number of benzene rings is 1. The largest absolute Gasteiger partial charge is 0.342 e. The fourth-order valence-electron chi connectivity index (χ4n) is 2.66. The molecular formula is C17H22ClN3O3. The van der Waals surface area contributed by atoms with E-state index in [9.17, 15) is 14.4 Å². The molecule has 0 N–H and O–H groups in total. The van der Waals surface area contributed by atoms with Crippen LogP contribution in [0.5, 0.6) is 0 Å². The van der Waals surface area contributed by atoms with Gasteiger partial charge in [0.05, 0.1) is 0 Å². The average molecular weight is 352 g/mol. The number of hydrogen-bond donors (Lipinski definition) is 0. The van der Waals surface area contributed by atoms with E-state index < -0.39 is 0 Å². The van der Waals surface area contributed by atoms with Crippen LogP contribution in [0, 0.1) is 6.92 Å². The first-order valence-corrected chi connectivity index (χ1v) is 8.31. The molecule has 0 aromatic heterocycles. The van der Waals surface area contributed by atoms with Crippen molar-refractivity contribution in [2.45, 2.75) is 20.3 Å². The first kappa shape index (κ1) is 18.3. The maximum Gasteiger partial charge on any atom is 0.224 e. The second-order valence-corrected chi connectivity index (χ2v) is 6.28. The molecule has 7 heteroatoms. The van der Waals surface area contributed by atoms with E-state index >= 15 is 0 Å². The highest BCUT2D eigenvalue weighted by Gasteiger charge is 2.21. The van der Waals surface area contributed by atoms with Crippen molar-refractivity contribution in [3.63, 3.8) is 0 Å². The van der Waals surface area contributed by atoms with Crippen LogP contribution in [0.1, 0.15) is 18.9 Å². The van der Waals surface area contributed by atoms with Crippen LogP contribution in [-0.2, 0) is 14.4 Å². The number of carbonyl (C=O) groups is 3. The molecule has 2 rings (SSSR count). The molecule has 1 aromatic carbocycles. The Balaban J connectivity index is 1.96. The molecule has 0 aliphatic carbocycles. The van der Waals surface area contributed by atoms with Crippen molar-refractivity contribution in [3.05, 3.63) is 28.8 Å². The van der Waals surface area contributed by atoms with Crippen LogP contribution < -0.4 is 4.90 Å². The van der Waals surface area contributed by atoms with Crippen molar-refractivity contribution in [3.8, 4) is 0 Å². The summed E-state index contributed by atoms with van der Waals surface area (Å²) < 4.78 is 0. The van der Waals surface area contributed by atoms with Gasteiger partial charge in [0.2, 0.25) is 18.2 Å². The zero-order chi connectivity index (χ0) is 17.7. The highest BCUT2D eigenvalue weighted by atomic mass is 35.5. The molecule has 0 bridgehead atoms. The van der Waals surface area contributed by atoms with Gasteiger partial charge in [0.25, 0.3) is 0 Å². The lowest BCUT2D eigenvalue weighted by atomic mass is 10.2. The van der Waals surface area contributed by atoms with Gasteiger partial charge in [0.1, 0.15) is 0 Å². The fourth-order valence-corrected chi connectivity index (χ4v) is 2.84. The summed E-state index contributed by atoms with van der Waals surface area (Å²) >= 11 is 6.13. The number of hydrogen-bond acceptors (Lipinski definition) is 3. The molecule has 0 unspecified atom stereocenters. The Morgan fingerprint density at radius 3 is 2.46 bits per heavy atom. The number of anilines is 1. The van der Waals surface area contributed by atoms with Crippen molar-refractivity contribution >= 4 is 35.5 Å². The molecule has 1 aliphatic rings. The lowest BCUT2D eigenvalue weighted by molar-refractivity contribution is -0.135. The van der Waals surface area contributed by atoms with Crippen LogP contribution >= 0.6 is 11.6 Å². The molecule has 0 atom stereocenters. The minimum atomic E-state index is -0.131. The molecule has 24 heavy (non-hydrogen) atoms. The van der Waals surface area contributed by atoms with E-state index in [1.54, 1.807) is 20.8 Å². The molecule has 1 aromatic rings. The standard InChI is InChI=1S/C17H22ClN3O3/c1-13-3-4-15(11-16(13)18)21(14(2)23)6-5-17(24)20-9-7-19(12-22)8-10-20/h3-4,11-12H,5-10H2,1-2H3. The number of carbonyl (C=O) groups excluding carboxylic acids is 3. The fraction of sp³-hybridized carbons (Fsp3) is 0.471. The summed E-state index contributed by atoms with van der Waals surface area (Å²) in [6.07, 6.45) is 1.05. The number of aryl methyl sites for hydroxylation is 1. The van der Waals surface area contributed by atoms with Crippen LogP contribution in [0.2, 0.25) is 5.02 Å². The SMILES string of the molecule is CC(=O)N(CCC(=O)N1CCN(C=O)CC1)c1ccc(C)c(Cl)c1. The van der Waals surface area contributed by atoms with Gasteiger partial charge in [-0.3, -0.25) is 14.4 Å². The van der Waals surface area contributed by atoms with Gasteiger partial charge in [0, 0.05) is 56.8 Å². The minimum Gasteiger partial charge on any atom is -0.342 e. The Labute approximate surface area is 147 Å². The van der Waals surface area contributed by atoms with Gasteiger partial charge in [-0.2, -0.15) is 0 Å². The summed E-state index contributed by atoms with van der Waals surface area (Å²) in [5.41, 5.74) is 1.63. The molecular weight excluding hydrogens is 330 g/mol. The lowest BCUT2D eigenvalue weighted by Crippen LogP contribution is -2.48. The zero-order valence-electron chi connectivity index (χ0n) is 14.0. The zero-order valence-corrected chi connectivity index (χ0v) is 14.8. The van der Waals surface area contributed by atoms with Crippen molar-refractivity contribution in [1.82, 2.24) is 9.80 Å². The Kier molecular flexibility index (Phi) is 6.20. The van der Waals surface area contributed by atoms with E-state index in [0.717, 1.165) is 12.0 Å². The van der Waals surface area contributed by atoms with E-state index in [4.69, 9.17) is 11.6 Å². The van der Waals surface area contributed by atoms with Crippen molar-refractivity contribution in [2.75, 3.05) is 37.6 Å². The van der Waals surface area contributed by atoms with Crippen molar-refractivity contribution < 1.29 is 14.4 Å². The summed E-state index contributed by atoms with van der Waals surface area (Å²) in [4.78, 5) is 39.9. The third-order valence-electron chi connectivity index (χ3n) is 4.21. The molecule has 1 heterocycles. The second kappa shape index (κ2) is 8.15. The number of rotatable bonds is 5. The molecule has 130 valence electrons. The van der Waals surface area contributed by atoms with E-state index in [0.29, 0.717) is 43.4 Å². The van der Waals surface area contributed by atoms with Crippen LogP contribution in [-0.4, -0.2) is 60.7 Å². The number of amides is 3. The normalized spacial score (nSPS) is 14.5. The van der Waals surface area contributed by atoms with Gasteiger partial charge in [0.15, 0.2) is 0 Å². The Bertz CT molecular complexity index is 628. The summed E-state index contributed by atoms with van der Waals surface area (Å²) in [6.45, 7) is 5.86. The number of halogens is 1. The first-order chi connectivity index (χ1) is 11.4. The van der Waals surface area contributed by atoms with E-state index in [1.807, 2.05) is 19.1 Å². The van der Waals surface area contributed by atoms with Crippen LogP contribution in [0.15, 0.2) is 18.2 Å². The number of nitrogens with zero attached hydrogens (tertiary/aromatic N) is 3. The predicted octanol–water partition coefficient (Wildman–Crippen LogP) is 1.69. The summed E-state index contributed by atoms with van der Waals surface area (Å²) in [5.74, 6) is -0.140. The maximum absolute atomic E-state index is 12.3. The predicted molar refractivity (Wildman–Crippen MR) is 93.1 cm³/mol. The summed E-state index contributed by atoms with van der Waals surface area (Å²) in [5, 5.41) is 0.593. The quantitative estimate of drug-likeness (QED) is 0.758. The van der Waals surface area contributed by atoms with Gasteiger partial charge in [-0.25, -0.2) is 0 Å². The molecule has 1 aliphatic heterocycles. The van der Waals surface area contributed by atoms with Gasteiger partial charge in [-0.15, -0.1) is 0 Å². The highest BCUT2D eigenvalue weighted by molar-refractivity contribution is 6.31. The summed E-state index contributed by atoms with van der Waals surface area (Å²) in [6, 6.07) is 5.43. The van der Waals surface area contributed by atoms with Crippen molar-refractivity contribution in [2.24, 2.45) is 0 Å². The average Bonchev–Trinajstić information content (AvgIpc) is 2.57. The van der Waals surface area contributed by atoms with Gasteiger partial charge in [-0.05, 0) is 24.6 Å². The molecule has 0 radical (unpaired) electrons. The third kappa shape index (κ3) is 4.47. The van der Waals surface area contributed by atoms with Crippen LogP contribution in [0.3, 0.4) is 0 Å².